The van der Waals surface area contributed by atoms with Crippen LogP contribution in [0.4, 0.5) is 18.9 Å². The van der Waals surface area contributed by atoms with Crippen molar-refractivity contribution in [3.05, 3.63) is 69.8 Å². The molecule has 0 bridgehead atoms. The van der Waals surface area contributed by atoms with E-state index in [2.05, 4.69) is 0 Å². The summed E-state index contributed by atoms with van der Waals surface area (Å²) in [6, 6.07) is 6.29. The first-order valence-corrected chi connectivity index (χ1v) is 8.39. The highest BCUT2D eigenvalue weighted by atomic mass is 32.2. The Bertz CT molecular complexity index is 863. The quantitative estimate of drug-likeness (QED) is 0.641. The Morgan fingerprint density at radius 2 is 1.56 bits per heavy atom. The fraction of sp³-hybridized carbons (Fsp3) is 0.200. The maximum atomic E-state index is 13.3. The molecule has 6 nitrogen and oxygen atoms in total. The normalized spacial score (nSPS) is 13.4. The minimum absolute atomic E-state index is 0.311. The van der Waals surface area contributed by atoms with Crippen molar-refractivity contribution in [2.45, 2.75) is 24.0 Å². The molecule has 0 aromatic heterocycles. The molecule has 10 heteroatoms. The molecule has 0 aliphatic heterocycles. The number of nitro groups is 1. The average molecular weight is 374 g/mol. The van der Waals surface area contributed by atoms with E-state index in [0.29, 0.717) is 0 Å². The number of aryl methyl sites for hydroxylation is 1. The van der Waals surface area contributed by atoms with Gasteiger partial charge in [-0.05, 0) is 24.6 Å². The van der Waals surface area contributed by atoms with Crippen molar-refractivity contribution < 1.29 is 26.5 Å². The predicted molar refractivity (Wildman–Crippen MR) is 83.4 cm³/mol. The zero-order valence-electron chi connectivity index (χ0n) is 12.8. The van der Waals surface area contributed by atoms with Crippen LogP contribution in [0.5, 0.6) is 0 Å². The molecule has 0 aliphatic carbocycles. The van der Waals surface area contributed by atoms with Gasteiger partial charge in [-0.3, -0.25) is 10.1 Å². The zero-order chi connectivity index (χ0) is 18.8. The lowest BCUT2D eigenvalue weighted by molar-refractivity contribution is -0.384. The smallest absolute Gasteiger partial charge is 0.258 e. The molecule has 0 radical (unpaired) electrons. The minimum Gasteiger partial charge on any atom is -0.258 e. The van der Waals surface area contributed by atoms with Crippen molar-refractivity contribution in [2.75, 3.05) is 0 Å². The van der Waals surface area contributed by atoms with Gasteiger partial charge in [0, 0.05) is 12.1 Å². The summed E-state index contributed by atoms with van der Waals surface area (Å²) < 4.78 is 66.0. The number of rotatable bonds is 5. The van der Waals surface area contributed by atoms with Crippen molar-refractivity contribution in [3.8, 4) is 0 Å². The molecular weight excluding hydrogens is 361 g/mol. The first-order valence-electron chi connectivity index (χ1n) is 6.91. The van der Waals surface area contributed by atoms with Crippen LogP contribution in [0.1, 0.15) is 17.2 Å². The summed E-state index contributed by atoms with van der Waals surface area (Å²) in [6.07, 6.45) is -4.92. The molecule has 134 valence electrons. The van der Waals surface area contributed by atoms with E-state index in [-0.39, 0.29) is 4.90 Å². The third-order valence-corrected chi connectivity index (χ3v) is 4.81. The molecule has 0 saturated heterocycles. The first-order chi connectivity index (χ1) is 11.5. The van der Waals surface area contributed by atoms with Gasteiger partial charge in [-0.1, -0.05) is 29.8 Å². The number of benzene rings is 2. The second-order valence-corrected chi connectivity index (χ2v) is 6.97. The molecule has 0 aliphatic rings. The summed E-state index contributed by atoms with van der Waals surface area (Å²) in [5, 5.41) is 10.6. The zero-order valence-corrected chi connectivity index (χ0v) is 13.6. The SMILES string of the molecule is Cc1ccc(S(=O)(=O)NC(c2ccc([N+](=O)[O-])cc2)C(F)(F)F)cc1. The topological polar surface area (TPSA) is 89.3 Å². The molecule has 0 saturated carbocycles. The van der Waals surface area contributed by atoms with Crippen molar-refractivity contribution in [2.24, 2.45) is 0 Å². The number of halogens is 3. The fourth-order valence-electron chi connectivity index (χ4n) is 2.05. The fourth-order valence-corrected chi connectivity index (χ4v) is 3.26. The molecular formula is C15H13F3N2O4S. The summed E-state index contributed by atoms with van der Waals surface area (Å²) in [5.74, 6) is 0. The van der Waals surface area contributed by atoms with Gasteiger partial charge in [-0.2, -0.15) is 17.9 Å². The number of non-ortho nitro benzene ring substituents is 1. The van der Waals surface area contributed by atoms with Crippen LogP contribution in [0.3, 0.4) is 0 Å². The molecule has 0 fully saturated rings. The number of nitrogens with zero attached hydrogens (tertiary/aromatic N) is 1. The van der Waals surface area contributed by atoms with Crippen LogP contribution in [0, 0.1) is 17.0 Å². The van der Waals surface area contributed by atoms with Gasteiger partial charge >= 0.3 is 6.18 Å². The van der Waals surface area contributed by atoms with E-state index in [1.807, 2.05) is 0 Å². The summed E-state index contributed by atoms with van der Waals surface area (Å²) >= 11 is 0. The van der Waals surface area contributed by atoms with Gasteiger partial charge in [0.1, 0.15) is 6.04 Å². The van der Waals surface area contributed by atoms with Crippen molar-refractivity contribution in [1.82, 2.24) is 4.72 Å². The standard InChI is InChI=1S/C15H13F3N2O4S/c1-10-2-8-13(9-3-10)25(23,24)19-14(15(16,17)18)11-4-6-12(7-5-11)20(21)22/h2-9,14,19H,1H3. The second kappa shape index (κ2) is 6.81. The monoisotopic (exact) mass is 374 g/mol. The maximum Gasteiger partial charge on any atom is 0.408 e. The Hall–Kier alpha value is -2.46. The highest BCUT2D eigenvalue weighted by Gasteiger charge is 2.43. The van der Waals surface area contributed by atoms with Gasteiger partial charge in [0.25, 0.3) is 5.69 Å². The van der Waals surface area contributed by atoms with E-state index in [4.69, 9.17) is 0 Å². The summed E-state index contributed by atoms with van der Waals surface area (Å²) in [5.41, 5.74) is -0.0958. The third kappa shape index (κ3) is 4.54. The minimum atomic E-state index is -4.92. The van der Waals surface area contributed by atoms with E-state index in [1.54, 1.807) is 11.6 Å². The second-order valence-electron chi connectivity index (χ2n) is 5.26. The Morgan fingerprint density at radius 1 is 1.04 bits per heavy atom. The number of hydrogen-bond donors (Lipinski definition) is 1. The molecule has 25 heavy (non-hydrogen) atoms. The van der Waals surface area contributed by atoms with E-state index >= 15 is 0 Å². The average Bonchev–Trinajstić information content (AvgIpc) is 2.52. The largest absolute Gasteiger partial charge is 0.408 e. The van der Waals surface area contributed by atoms with E-state index < -0.39 is 38.4 Å². The lowest BCUT2D eigenvalue weighted by Crippen LogP contribution is -2.38. The van der Waals surface area contributed by atoms with Crippen molar-refractivity contribution in [1.29, 1.82) is 0 Å². The van der Waals surface area contributed by atoms with Gasteiger partial charge in [0.05, 0.1) is 9.82 Å². The molecule has 2 rings (SSSR count). The molecule has 1 unspecified atom stereocenters. The van der Waals surface area contributed by atoms with E-state index in [9.17, 15) is 31.7 Å². The Balaban J connectivity index is 2.38. The lowest BCUT2D eigenvalue weighted by Gasteiger charge is -2.22. The van der Waals surface area contributed by atoms with Crippen LogP contribution in [-0.2, 0) is 10.0 Å². The lowest BCUT2D eigenvalue weighted by atomic mass is 10.1. The van der Waals surface area contributed by atoms with E-state index in [1.165, 1.54) is 24.3 Å². The number of alkyl halides is 3. The van der Waals surface area contributed by atoms with Gasteiger partial charge < -0.3 is 0 Å². The third-order valence-electron chi connectivity index (χ3n) is 3.37. The van der Waals surface area contributed by atoms with Crippen LogP contribution >= 0.6 is 0 Å². The summed E-state index contributed by atoms with van der Waals surface area (Å²) in [4.78, 5) is 9.52. The first kappa shape index (κ1) is 18.9. The highest BCUT2D eigenvalue weighted by Crippen LogP contribution is 2.34. The van der Waals surface area contributed by atoms with E-state index in [0.717, 1.165) is 29.8 Å². The number of sulfonamides is 1. The molecule has 2 aromatic carbocycles. The number of nitro benzene ring substituents is 1. The molecule has 1 N–H and O–H groups in total. The maximum absolute atomic E-state index is 13.3. The van der Waals surface area contributed by atoms with Crippen LogP contribution in [0.15, 0.2) is 53.4 Å². The summed E-state index contributed by atoms with van der Waals surface area (Å²) in [7, 11) is -4.44. The Labute approximate surface area is 141 Å². The van der Waals surface area contributed by atoms with Gasteiger partial charge in [-0.15, -0.1) is 0 Å². The van der Waals surface area contributed by atoms with Crippen LogP contribution in [-0.4, -0.2) is 19.5 Å². The van der Waals surface area contributed by atoms with Crippen LogP contribution in [0.2, 0.25) is 0 Å². The summed E-state index contributed by atoms with van der Waals surface area (Å²) in [6.45, 7) is 1.71. The van der Waals surface area contributed by atoms with Gasteiger partial charge in [0.15, 0.2) is 0 Å². The highest BCUT2D eigenvalue weighted by molar-refractivity contribution is 7.89. The Kier molecular flexibility index (Phi) is 5.14. The Morgan fingerprint density at radius 3 is 2.00 bits per heavy atom. The molecule has 0 spiro atoms. The van der Waals surface area contributed by atoms with Crippen molar-refractivity contribution >= 4 is 15.7 Å². The number of hydrogen-bond acceptors (Lipinski definition) is 4. The van der Waals surface area contributed by atoms with Crippen LogP contribution in [0.25, 0.3) is 0 Å². The molecule has 0 heterocycles. The van der Waals surface area contributed by atoms with Crippen molar-refractivity contribution in [3.63, 3.8) is 0 Å². The van der Waals surface area contributed by atoms with Gasteiger partial charge in [-0.25, -0.2) is 8.42 Å². The molecule has 0 amide bonds. The number of nitrogens with one attached hydrogen (secondary N) is 1. The van der Waals surface area contributed by atoms with Gasteiger partial charge in [0.2, 0.25) is 10.0 Å². The molecule has 2 aromatic rings. The van der Waals surface area contributed by atoms with Crippen LogP contribution < -0.4 is 4.72 Å². The molecule has 1 atom stereocenters. The predicted octanol–water partition coefficient (Wildman–Crippen LogP) is 3.49.